The summed E-state index contributed by atoms with van der Waals surface area (Å²) in [5.41, 5.74) is -1.90. The summed E-state index contributed by atoms with van der Waals surface area (Å²) in [5, 5.41) is 19.4. The molecule has 5 heterocycles. The van der Waals surface area contributed by atoms with Crippen molar-refractivity contribution in [3.8, 4) is 11.7 Å². The number of hydrogen-bond donors (Lipinski definition) is 3. The van der Waals surface area contributed by atoms with Crippen LogP contribution in [0.2, 0.25) is 19.6 Å². The smallest absolute Gasteiger partial charge is 0.260 e. The zero-order chi connectivity index (χ0) is 29.6. The van der Waals surface area contributed by atoms with Crippen LogP contribution < -0.4 is 19.7 Å². The molecule has 0 amide bonds. The monoisotopic (exact) mass is 599 g/mol. The van der Waals surface area contributed by atoms with Gasteiger partial charge in [0, 0.05) is 36.5 Å². The normalized spacial score (nSPS) is 24.1. The van der Waals surface area contributed by atoms with Crippen LogP contribution in [0.25, 0.3) is 5.82 Å². The molecule has 3 aromatic heterocycles. The lowest BCUT2D eigenvalue weighted by atomic mass is 9.93. The Labute approximate surface area is 243 Å². The van der Waals surface area contributed by atoms with Gasteiger partial charge in [-0.1, -0.05) is 25.7 Å². The Morgan fingerprint density at radius 1 is 1.12 bits per heavy atom. The van der Waals surface area contributed by atoms with Crippen molar-refractivity contribution in [3.05, 3.63) is 48.2 Å². The summed E-state index contributed by atoms with van der Waals surface area (Å²) in [6.45, 7) is 13.9. The number of anilines is 2. The molecule has 2 aliphatic heterocycles. The number of aromatic nitrogens is 4. The SMILES string of the molecule is CC1(O)NS(=O)(=O)c2cccc(n2)NCCC[C@@H]2CN(c3nc(-n4ccc(OC[Si](C)(C)C)n4)ccc31)C(C)(C)C2. The highest BCUT2D eigenvalue weighted by molar-refractivity contribution is 7.89. The standard InChI is InChI=1S/C28H41N7O4SSi/c1-27(2)17-20-9-8-15-29-22-10-7-11-25(30-22)40(37,38)33-28(3,36)21-12-13-23(31-26(21)34(27)18-20)35-16-14-24(32-35)39-19-41(4,5)6/h7,10-14,16,20,33,36H,8-9,15,17-19H2,1-6H3,(H,29,30)/t20-,28?/m0/s1. The molecule has 11 nitrogen and oxygen atoms in total. The van der Waals surface area contributed by atoms with Gasteiger partial charge in [-0.05, 0) is 70.2 Å². The maximum absolute atomic E-state index is 13.4. The zero-order valence-electron chi connectivity index (χ0n) is 24.7. The summed E-state index contributed by atoms with van der Waals surface area (Å²) in [7, 11) is -5.60. The van der Waals surface area contributed by atoms with Crippen LogP contribution in [-0.4, -0.2) is 66.2 Å². The highest BCUT2D eigenvalue weighted by Gasteiger charge is 2.43. The van der Waals surface area contributed by atoms with Crippen molar-refractivity contribution >= 4 is 29.7 Å². The first-order valence-corrected chi connectivity index (χ1v) is 19.3. The molecule has 3 N–H and O–H groups in total. The second kappa shape index (κ2) is 10.7. The molecule has 1 fully saturated rings. The fourth-order valence-electron chi connectivity index (χ4n) is 5.55. The van der Waals surface area contributed by atoms with E-state index < -0.39 is 23.8 Å². The van der Waals surface area contributed by atoms with Crippen LogP contribution in [0, 0.1) is 5.92 Å². The molecule has 1 saturated heterocycles. The third-order valence-corrected chi connectivity index (χ3v) is 9.93. The van der Waals surface area contributed by atoms with Crippen LogP contribution in [0.5, 0.6) is 5.88 Å². The maximum Gasteiger partial charge on any atom is 0.260 e. The number of hydrogen-bond acceptors (Lipinski definition) is 9. The number of aliphatic hydroxyl groups is 1. The van der Waals surface area contributed by atoms with E-state index in [9.17, 15) is 13.5 Å². The largest absolute Gasteiger partial charge is 0.480 e. The Kier molecular flexibility index (Phi) is 7.68. The van der Waals surface area contributed by atoms with Gasteiger partial charge in [0.15, 0.2) is 16.6 Å². The Bertz CT molecular complexity index is 1520. The molecular weight excluding hydrogens is 559 g/mol. The third-order valence-electron chi connectivity index (χ3n) is 7.48. The number of sulfonamides is 1. The molecule has 0 saturated carbocycles. The number of rotatable bonds is 4. The maximum atomic E-state index is 13.4. The molecule has 41 heavy (non-hydrogen) atoms. The average molecular weight is 600 g/mol. The van der Waals surface area contributed by atoms with Gasteiger partial charge < -0.3 is 20.1 Å². The molecule has 13 heteroatoms. The van der Waals surface area contributed by atoms with Gasteiger partial charge in [0.05, 0.1) is 14.3 Å². The molecule has 5 rings (SSSR count). The second-order valence-corrected chi connectivity index (χ2v) is 20.1. The van der Waals surface area contributed by atoms with Crippen molar-refractivity contribution < 1.29 is 18.3 Å². The minimum atomic E-state index is -4.18. The van der Waals surface area contributed by atoms with Crippen LogP contribution >= 0.6 is 0 Å². The summed E-state index contributed by atoms with van der Waals surface area (Å²) in [5.74, 6) is 2.46. The highest BCUT2D eigenvalue weighted by Crippen LogP contribution is 2.41. The van der Waals surface area contributed by atoms with E-state index in [1.165, 1.54) is 13.0 Å². The molecular formula is C28H41N7O4SSi. The van der Waals surface area contributed by atoms with Crippen molar-refractivity contribution in [2.75, 3.05) is 29.5 Å². The highest BCUT2D eigenvalue weighted by atomic mass is 32.2. The topological polar surface area (TPSA) is 134 Å². The van der Waals surface area contributed by atoms with Gasteiger partial charge in [-0.3, -0.25) is 0 Å². The predicted molar refractivity (Wildman–Crippen MR) is 162 cm³/mol. The number of nitrogens with zero attached hydrogens (tertiary/aromatic N) is 5. The van der Waals surface area contributed by atoms with Crippen LogP contribution in [0.15, 0.2) is 47.6 Å². The molecule has 0 aromatic carbocycles. The van der Waals surface area contributed by atoms with Crippen LogP contribution in [0.4, 0.5) is 11.6 Å². The van der Waals surface area contributed by atoms with Crippen LogP contribution in [0.3, 0.4) is 0 Å². The van der Waals surface area contributed by atoms with Gasteiger partial charge in [-0.2, -0.15) is 4.72 Å². The van der Waals surface area contributed by atoms with E-state index in [0.29, 0.717) is 47.6 Å². The van der Waals surface area contributed by atoms with E-state index in [1.54, 1.807) is 35.1 Å². The van der Waals surface area contributed by atoms with E-state index >= 15 is 0 Å². The molecule has 3 aromatic rings. The van der Waals surface area contributed by atoms with Crippen LogP contribution in [0.1, 0.15) is 45.6 Å². The quantitative estimate of drug-likeness (QED) is 0.382. The van der Waals surface area contributed by atoms with Gasteiger partial charge in [0.25, 0.3) is 10.0 Å². The fourth-order valence-corrected chi connectivity index (χ4v) is 7.34. The van der Waals surface area contributed by atoms with Gasteiger partial charge >= 0.3 is 0 Å². The summed E-state index contributed by atoms with van der Waals surface area (Å²) in [6, 6.07) is 10.1. The van der Waals surface area contributed by atoms with E-state index in [1.807, 2.05) is 6.07 Å². The van der Waals surface area contributed by atoms with E-state index in [-0.39, 0.29) is 10.6 Å². The minimum absolute atomic E-state index is 0.173. The molecule has 0 aliphatic carbocycles. The Morgan fingerprint density at radius 2 is 1.90 bits per heavy atom. The molecule has 0 radical (unpaired) electrons. The van der Waals surface area contributed by atoms with Gasteiger partial charge in [0.2, 0.25) is 5.88 Å². The first kappa shape index (κ1) is 29.5. The number of pyridine rings is 2. The number of nitrogens with one attached hydrogen (secondary N) is 2. The van der Waals surface area contributed by atoms with Crippen molar-refractivity contribution in [3.63, 3.8) is 0 Å². The lowest BCUT2D eigenvalue weighted by Gasteiger charge is -2.37. The van der Waals surface area contributed by atoms with Crippen molar-refractivity contribution in [2.24, 2.45) is 5.92 Å². The lowest BCUT2D eigenvalue weighted by molar-refractivity contribution is 0.0451. The molecule has 222 valence electrons. The number of fused-ring (bicyclic) bond motifs is 6. The van der Waals surface area contributed by atoms with E-state index in [2.05, 4.69) is 58.5 Å². The fraction of sp³-hybridized carbons (Fsp3) is 0.536. The van der Waals surface area contributed by atoms with Crippen LogP contribution in [-0.2, 0) is 15.7 Å². The Balaban J connectivity index is 1.58. The Morgan fingerprint density at radius 3 is 2.66 bits per heavy atom. The first-order valence-electron chi connectivity index (χ1n) is 14.1. The summed E-state index contributed by atoms with van der Waals surface area (Å²) in [6.07, 6.45) is 5.30. The van der Waals surface area contributed by atoms with Gasteiger partial charge in [-0.15, -0.1) is 5.10 Å². The predicted octanol–water partition coefficient (Wildman–Crippen LogP) is 3.87. The lowest BCUT2D eigenvalue weighted by Crippen LogP contribution is -2.46. The first-order chi connectivity index (χ1) is 19.1. The molecule has 4 bridgehead atoms. The second-order valence-electron chi connectivity index (χ2n) is 13.1. The van der Waals surface area contributed by atoms with E-state index in [4.69, 9.17) is 9.72 Å². The molecule has 2 atom stereocenters. The molecule has 1 unspecified atom stereocenters. The number of ether oxygens (including phenoxy) is 1. The van der Waals surface area contributed by atoms with Crippen molar-refractivity contribution in [1.82, 2.24) is 24.5 Å². The van der Waals surface area contributed by atoms with Crippen molar-refractivity contribution in [1.29, 1.82) is 0 Å². The summed E-state index contributed by atoms with van der Waals surface area (Å²) in [4.78, 5) is 11.5. The third kappa shape index (κ3) is 6.58. The van der Waals surface area contributed by atoms with Gasteiger partial charge in [0.1, 0.15) is 11.6 Å². The molecule has 0 spiro atoms. The zero-order valence-corrected chi connectivity index (χ0v) is 26.5. The van der Waals surface area contributed by atoms with Gasteiger partial charge in [-0.25, -0.2) is 23.1 Å². The average Bonchev–Trinajstić information content (AvgIpc) is 3.47. The minimum Gasteiger partial charge on any atom is -0.480 e. The van der Waals surface area contributed by atoms with E-state index in [0.717, 1.165) is 25.8 Å². The van der Waals surface area contributed by atoms with Crippen molar-refractivity contribution in [2.45, 2.75) is 76.0 Å². The Hall–Kier alpha value is -3.00. The summed E-state index contributed by atoms with van der Waals surface area (Å²) < 4.78 is 36.9. The summed E-state index contributed by atoms with van der Waals surface area (Å²) >= 11 is 0. The molecule has 2 aliphatic rings.